The molecule has 1 N–H and O–H groups in total. The van der Waals surface area contributed by atoms with Gasteiger partial charge in [0.15, 0.2) is 16.1 Å². The van der Waals surface area contributed by atoms with E-state index in [1.165, 1.54) is 23.1 Å². The molecule has 0 saturated carbocycles. The van der Waals surface area contributed by atoms with Crippen molar-refractivity contribution in [3.8, 4) is 17.1 Å². The summed E-state index contributed by atoms with van der Waals surface area (Å²) >= 11 is 14.9. The van der Waals surface area contributed by atoms with Crippen molar-refractivity contribution in [1.82, 2.24) is 19.7 Å². The lowest BCUT2D eigenvalue weighted by Gasteiger charge is -2.10. The summed E-state index contributed by atoms with van der Waals surface area (Å²) in [6, 6.07) is 25.3. The highest BCUT2D eigenvalue weighted by Gasteiger charge is 2.17. The predicted octanol–water partition coefficient (Wildman–Crippen LogP) is 7.02. The highest BCUT2D eigenvalue weighted by atomic mass is 35.5. The Labute approximate surface area is 226 Å². The van der Waals surface area contributed by atoms with Gasteiger partial charge in [0.1, 0.15) is 0 Å². The third-order valence-electron chi connectivity index (χ3n) is 5.17. The Balaban J connectivity index is 1.27. The maximum Gasteiger partial charge on any atom is 0.236 e. The maximum absolute atomic E-state index is 12.7. The monoisotopic (exact) mass is 551 g/mol. The highest BCUT2D eigenvalue weighted by Crippen LogP contribution is 2.29. The van der Waals surface area contributed by atoms with Gasteiger partial charge < -0.3 is 5.32 Å². The SMILES string of the molecule is O=C(CSc1nnc(-c2ccccc2)n1-c1ccccc1)Nc1ncc(Cc2ccc(Cl)c(Cl)c2)s1. The van der Waals surface area contributed by atoms with E-state index < -0.39 is 0 Å². The minimum absolute atomic E-state index is 0.167. The van der Waals surface area contributed by atoms with Gasteiger partial charge in [0, 0.05) is 28.7 Å². The van der Waals surface area contributed by atoms with Crippen LogP contribution in [0.3, 0.4) is 0 Å². The van der Waals surface area contributed by atoms with Crippen molar-refractivity contribution in [2.45, 2.75) is 11.6 Å². The summed E-state index contributed by atoms with van der Waals surface area (Å²) in [6.45, 7) is 0. The van der Waals surface area contributed by atoms with Gasteiger partial charge in [-0.25, -0.2) is 4.98 Å². The van der Waals surface area contributed by atoms with Crippen molar-refractivity contribution < 1.29 is 4.79 Å². The first-order valence-corrected chi connectivity index (χ1v) is 13.5. The number of para-hydroxylation sites is 1. The zero-order valence-corrected chi connectivity index (χ0v) is 21.9. The fraction of sp³-hybridized carbons (Fsp3) is 0.0769. The van der Waals surface area contributed by atoms with Crippen molar-refractivity contribution >= 4 is 57.3 Å². The van der Waals surface area contributed by atoms with E-state index in [4.69, 9.17) is 23.2 Å². The summed E-state index contributed by atoms with van der Waals surface area (Å²) in [6.07, 6.45) is 2.41. The Morgan fingerprint density at radius 2 is 1.69 bits per heavy atom. The predicted molar refractivity (Wildman–Crippen MR) is 148 cm³/mol. The van der Waals surface area contributed by atoms with Crippen molar-refractivity contribution in [1.29, 1.82) is 0 Å². The highest BCUT2D eigenvalue weighted by molar-refractivity contribution is 7.99. The Bertz CT molecular complexity index is 1490. The van der Waals surface area contributed by atoms with Crippen LogP contribution in [0, 0.1) is 0 Å². The van der Waals surface area contributed by atoms with Crippen molar-refractivity contribution in [2.24, 2.45) is 0 Å². The summed E-state index contributed by atoms with van der Waals surface area (Å²) in [4.78, 5) is 18.1. The van der Waals surface area contributed by atoms with Crippen LogP contribution in [-0.2, 0) is 11.2 Å². The molecule has 0 fully saturated rings. The number of hydrogen-bond donors (Lipinski definition) is 1. The first kappa shape index (κ1) is 24.5. The van der Waals surface area contributed by atoms with Crippen LogP contribution >= 0.6 is 46.3 Å². The lowest BCUT2D eigenvalue weighted by Crippen LogP contribution is -2.14. The molecule has 0 aliphatic carbocycles. The molecule has 36 heavy (non-hydrogen) atoms. The molecule has 2 heterocycles. The van der Waals surface area contributed by atoms with Gasteiger partial charge in [-0.15, -0.1) is 21.5 Å². The Kier molecular flexibility index (Phi) is 7.67. The second-order valence-corrected chi connectivity index (χ2v) is 10.6. The Hall–Kier alpha value is -3.17. The van der Waals surface area contributed by atoms with Crippen LogP contribution in [0.1, 0.15) is 10.4 Å². The van der Waals surface area contributed by atoms with E-state index in [-0.39, 0.29) is 11.7 Å². The first-order chi connectivity index (χ1) is 17.6. The van der Waals surface area contributed by atoms with Gasteiger partial charge in [0.25, 0.3) is 0 Å². The number of rotatable bonds is 8. The van der Waals surface area contributed by atoms with Crippen LogP contribution in [0.4, 0.5) is 5.13 Å². The molecule has 5 rings (SSSR count). The number of anilines is 1. The molecule has 0 unspecified atom stereocenters. The molecule has 5 aromatic rings. The molecule has 0 saturated heterocycles. The first-order valence-electron chi connectivity index (χ1n) is 10.9. The fourth-order valence-corrected chi connectivity index (χ4v) is 5.47. The molecule has 0 atom stereocenters. The smallest absolute Gasteiger partial charge is 0.236 e. The number of benzene rings is 3. The van der Waals surface area contributed by atoms with Gasteiger partial charge in [-0.2, -0.15) is 0 Å². The summed E-state index contributed by atoms with van der Waals surface area (Å²) in [7, 11) is 0. The third-order valence-corrected chi connectivity index (χ3v) is 7.76. The van der Waals surface area contributed by atoms with Crippen LogP contribution < -0.4 is 5.32 Å². The molecule has 0 aliphatic heterocycles. The summed E-state index contributed by atoms with van der Waals surface area (Å²) in [5, 5.41) is 13.9. The average molecular weight is 553 g/mol. The number of halogens is 2. The van der Waals surface area contributed by atoms with Crippen molar-refractivity contribution in [3.05, 3.63) is 106 Å². The summed E-state index contributed by atoms with van der Waals surface area (Å²) in [5.74, 6) is 0.720. The molecular formula is C26H19Cl2N5OS2. The quantitative estimate of drug-likeness (QED) is 0.210. The molecule has 10 heteroatoms. The van der Waals surface area contributed by atoms with Crippen LogP contribution in [0.15, 0.2) is 90.2 Å². The number of carbonyl (C=O) groups excluding carboxylic acids is 1. The zero-order chi connectivity index (χ0) is 24.9. The van der Waals surface area contributed by atoms with Gasteiger partial charge in [0.05, 0.1) is 15.8 Å². The Morgan fingerprint density at radius 1 is 0.944 bits per heavy atom. The topological polar surface area (TPSA) is 72.7 Å². The summed E-state index contributed by atoms with van der Waals surface area (Å²) in [5.41, 5.74) is 2.90. The summed E-state index contributed by atoms with van der Waals surface area (Å²) < 4.78 is 1.96. The molecule has 3 aromatic carbocycles. The molecule has 0 aliphatic rings. The standard InChI is InChI=1S/C26H19Cl2N5OS2/c27-21-12-11-17(14-22(21)28)13-20-15-29-25(36-20)30-23(34)16-35-26-32-31-24(18-7-3-1-4-8-18)33(26)19-9-5-2-6-10-19/h1-12,14-15H,13,16H2,(H,29,30,34). The lowest BCUT2D eigenvalue weighted by atomic mass is 10.1. The maximum atomic E-state index is 12.7. The molecular weight excluding hydrogens is 533 g/mol. The van der Waals surface area contributed by atoms with E-state index in [0.717, 1.165) is 27.5 Å². The van der Waals surface area contributed by atoms with Crippen LogP contribution in [0.25, 0.3) is 17.1 Å². The molecule has 0 spiro atoms. The van der Waals surface area contributed by atoms with Gasteiger partial charge in [0.2, 0.25) is 5.91 Å². The minimum Gasteiger partial charge on any atom is -0.301 e. The minimum atomic E-state index is -0.167. The molecule has 0 radical (unpaired) electrons. The second kappa shape index (κ2) is 11.3. The van der Waals surface area contributed by atoms with Gasteiger partial charge in [-0.3, -0.25) is 9.36 Å². The number of amides is 1. The van der Waals surface area contributed by atoms with Crippen molar-refractivity contribution in [2.75, 3.05) is 11.1 Å². The second-order valence-electron chi connectivity index (χ2n) is 7.74. The lowest BCUT2D eigenvalue weighted by molar-refractivity contribution is -0.113. The van der Waals surface area contributed by atoms with E-state index in [9.17, 15) is 4.79 Å². The molecule has 1 amide bonds. The van der Waals surface area contributed by atoms with Gasteiger partial charge in [-0.1, -0.05) is 89.6 Å². The molecule has 2 aromatic heterocycles. The van der Waals surface area contributed by atoms with Crippen LogP contribution in [0.2, 0.25) is 10.0 Å². The van der Waals surface area contributed by atoms with Crippen LogP contribution in [-0.4, -0.2) is 31.4 Å². The number of nitrogens with one attached hydrogen (secondary N) is 1. The molecule has 180 valence electrons. The van der Waals surface area contributed by atoms with E-state index in [1.54, 1.807) is 12.3 Å². The molecule has 0 bridgehead atoms. The van der Waals surface area contributed by atoms with E-state index in [1.807, 2.05) is 77.4 Å². The Morgan fingerprint density at radius 3 is 2.44 bits per heavy atom. The number of hydrogen-bond acceptors (Lipinski definition) is 6. The van der Waals surface area contributed by atoms with E-state index in [2.05, 4.69) is 20.5 Å². The molecule has 6 nitrogen and oxygen atoms in total. The largest absolute Gasteiger partial charge is 0.301 e. The number of aromatic nitrogens is 4. The number of thioether (sulfide) groups is 1. The van der Waals surface area contributed by atoms with Crippen molar-refractivity contribution in [3.63, 3.8) is 0 Å². The number of thiazole rings is 1. The normalized spacial score (nSPS) is 10.9. The number of carbonyl (C=O) groups is 1. The van der Waals surface area contributed by atoms with E-state index >= 15 is 0 Å². The fourth-order valence-electron chi connectivity index (χ4n) is 3.53. The average Bonchev–Trinajstić information content (AvgIpc) is 3.53. The third kappa shape index (κ3) is 5.79. The number of nitrogens with zero attached hydrogens (tertiary/aromatic N) is 4. The van der Waals surface area contributed by atoms with Gasteiger partial charge >= 0.3 is 0 Å². The van der Waals surface area contributed by atoms with Gasteiger partial charge in [-0.05, 0) is 29.8 Å². The van der Waals surface area contributed by atoms with Crippen LogP contribution in [0.5, 0.6) is 0 Å². The van der Waals surface area contributed by atoms with E-state index in [0.29, 0.717) is 26.8 Å². The zero-order valence-electron chi connectivity index (χ0n) is 18.8.